The smallest absolute Gasteiger partial charge is 0.343 e. The van der Waals surface area contributed by atoms with Gasteiger partial charge in [0.25, 0.3) is 6.04 Å². The van der Waals surface area contributed by atoms with Crippen LogP contribution in [0.15, 0.2) is 4.99 Å². The molecule has 0 amide bonds. The monoisotopic (exact) mass is 201 g/mol. The molecule has 0 aliphatic rings. The minimum Gasteiger partial charge on any atom is -0.464 e. The molecule has 78 valence electrons. The Hall–Kier alpha value is -1.68. The quantitative estimate of drug-likeness (QED) is 0.266. The molecule has 0 unspecified atom stereocenters. The number of rotatable bonds is 5. The Kier molecular flexibility index (Phi) is 5.98. The fraction of sp³-hybridized carbons (Fsp3) is 0.625. The molecule has 0 bridgehead atoms. The Labute approximate surface area is 80.9 Å². The van der Waals surface area contributed by atoms with E-state index in [0.29, 0.717) is 0 Å². The predicted octanol–water partition coefficient (Wildman–Crippen LogP) is -0.183. The number of esters is 2. The summed E-state index contributed by atoms with van der Waals surface area (Å²) in [4.78, 5) is 35.0. The Morgan fingerprint density at radius 1 is 1.21 bits per heavy atom. The molecule has 0 heterocycles. The second kappa shape index (κ2) is 6.80. The maximum Gasteiger partial charge on any atom is 0.343 e. The van der Waals surface area contributed by atoms with Gasteiger partial charge >= 0.3 is 11.9 Å². The Morgan fingerprint density at radius 2 is 1.64 bits per heavy atom. The first-order valence-corrected chi connectivity index (χ1v) is 4.07. The zero-order valence-corrected chi connectivity index (χ0v) is 7.98. The van der Waals surface area contributed by atoms with E-state index in [1.165, 1.54) is 0 Å². The Morgan fingerprint density at radius 3 is 1.93 bits per heavy atom. The molecule has 0 radical (unpaired) electrons. The van der Waals surface area contributed by atoms with E-state index < -0.39 is 18.0 Å². The van der Waals surface area contributed by atoms with Crippen molar-refractivity contribution >= 4 is 18.0 Å². The van der Waals surface area contributed by atoms with E-state index in [1.54, 1.807) is 13.8 Å². The summed E-state index contributed by atoms with van der Waals surface area (Å²) in [6.07, 6.45) is 1.12. The zero-order valence-electron chi connectivity index (χ0n) is 7.98. The molecule has 0 aromatic rings. The summed E-state index contributed by atoms with van der Waals surface area (Å²) in [7, 11) is 0. The van der Waals surface area contributed by atoms with Crippen LogP contribution in [0.2, 0.25) is 0 Å². The molecule has 0 saturated carbocycles. The molecule has 0 aliphatic carbocycles. The van der Waals surface area contributed by atoms with Gasteiger partial charge in [0, 0.05) is 0 Å². The van der Waals surface area contributed by atoms with E-state index in [0.717, 1.165) is 6.08 Å². The SMILES string of the molecule is CCOC(=O)C(N=C=O)C(=O)OCC. The topological polar surface area (TPSA) is 82.0 Å². The summed E-state index contributed by atoms with van der Waals surface area (Å²) in [5.41, 5.74) is 0. The molecule has 0 fully saturated rings. The van der Waals surface area contributed by atoms with Crippen LogP contribution in [-0.4, -0.2) is 37.3 Å². The number of carbonyl (C=O) groups is 2. The van der Waals surface area contributed by atoms with Crippen LogP contribution < -0.4 is 0 Å². The number of hydrogen-bond donors (Lipinski definition) is 0. The van der Waals surface area contributed by atoms with E-state index in [-0.39, 0.29) is 13.2 Å². The summed E-state index contributed by atoms with van der Waals surface area (Å²) in [5.74, 6) is -1.82. The maximum absolute atomic E-state index is 11.1. The molecule has 0 aliphatic heterocycles. The number of carbonyl (C=O) groups excluding carboxylic acids is 3. The van der Waals surface area contributed by atoms with E-state index in [9.17, 15) is 14.4 Å². The lowest BCUT2D eigenvalue weighted by Gasteiger charge is -2.07. The molecule has 14 heavy (non-hydrogen) atoms. The minimum absolute atomic E-state index is 0.100. The van der Waals surface area contributed by atoms with Gasteiger partial charge in [0.05, 0.1) is 13.2 Å². The molecule has 0 atom stereocenters. The van der Waals surface area contributed by atoms with Crippen molar-refractivity contribution in [3.63, 3.8) is 0 Å². The highest BCUT2D eigenvalue weighted by molar-refractivity contribution is 6.00. The first-order valence-electron chi connectivity index (χ1n) is 4.07. The third-order valence-electron chi connectivity index (χ3n) is 1.20. The molecular weight excluding hydrogens is 190 g/mol. The summed E-state index contributed by atoms with van der Waals surface area (Å²) >= 11 is 0. The molecule has 0 N–H and O–H groups in total. The van der Waals surface area contributed by atoms with Crippen molar-refractivity contribution in [3.8, 4) is 0 Å². The van der Waals surface area contributed by atoms with Crippen LogP contribution >= 0.6 is 0 Å². The number of hydrogen-bond acceptors (Lipinski definition) is 6. The van der Waals surface area contributed by atoms with E-state index in [2.05, 4.69) is 14.5 Å². The van der Waals surface area contributed by atoms with Crippen LogP contribution in [0.3, 0.4) is 0 Å². The summed E-state index contributed by atoms with van der Waals surface area (Å²) in [6.45, 7) is 3.35. The van der Waals surface area contributed by atoms with Gasteiger partial charge in [0.15, 0.2) is 0 Å². The van der Waals surface area contributed by atoms with Gasteiger partial charge in [-0.15, -0.1) is 0 Å². The summed E-state index contributed by atoms with van der Waals surface area (Å²) < 4.78 is 9.02. The van der Waals surface area contributed by atoms with Crippen molar-refractivity contribution in [1.29, 1.82) is 0 Å². The molecule has 0 aromatic carbocycles. The fourth-order valence-electron chi connectivity index (χ4n) is 0.697. The lowest BCUT2D eigenvalue weighted by Crippen LogP contribution is -2.31. The Balaban J connectivity index is 4.49. The summed E-state index contributed by atoms with van der Waals surface area (Å²) in [6, 6.07) is -1.55. The van der Waals surface area contributed by atoms with Gasteiger partial charge < -0.3 is 9.47 Å². The molecule has 0 spiro atoms. The zero-order chi connectivity index (χ0) is 11.0. The largest absolute Gasteiger partial charge is 0.464 e. The van der Waals surface area contributed by atoms with Crippen LogP contribution in [0.4, 0.5) is 0 Å². The molecule has 6 nitrogen and oxygen atoms in total. The number of nitrogens with zero attached hydrogens (tertiary/aromatic N) is 1. The van der Waals surface area contributed by atoms with Gasteiger partial charge in [-0.3, -0.25) is 0 Å². The minimum atomic E-state index is -1.55. The highest BCUT2D eigenvalue weighted by atomic mass is 16.6. The normalized spacial score (nSPS) is 9.07. The lowest BCUT2D eigenvalue weighted by atomic mass is 10.3. The molecular formula is C8H11NO5. The van der Waals surface area contributed by atoms with Crippen molar-refractivity contribution < 1.29 is 23.9 Å². The molecule has 0 rings (SSSR count). The van der Waals surface area contributed by atoms with E-state index in [4.69, 9.17) is 0 Å². The van der Waals surface area contributed by atoms with Crippen molar-refractivity contribution in [2.24, 2.45) is 4.99 Å². The Bertz CT molecular complexity index is 238. The van der Waals surface area contributed by atoms with Gasteiger partial charge in [-0.2, -0.15) is 4.99 Å². The van der Waals surface area contributed by atoms with Crippen LogP contribution in [0.25, 0.3) is 0 Å². The van der Waals surface area contributed by atoms with Gasteiger partial charge in [-0.1, -0.05) is 0 Å². The van der Waals surface area contributed by atoms with Crippen LogP contribution in [0.5, 0.6) is 0 Å². The van der Waals surface area contributed by atoms with Crippen LogP contribution in [0, 0.1) is 0 Å². The van der Waals surface area contributed by atoms with Gasteiger partial charge in [0.2, 0.25) is 6.08 Å². The predicted molar refractivity (Wildman–Crippen MR) is 45.2 cm³/mol. The van der Waals surface area contributed by atoms with E-state index >= 15 is 0 Å². The second-order valence-electron chi connectivity index (χ2n) is 2.13. The lowest BCUT2D eigenvalue weighted by molar-refractivity contribution is -0.156. The average molecular weight is 201 g/mol. The standard InChI is InChI=1S/C8H11NO5/c1-3-13-7(11)6(9-5-10)8(12)14-4-2/h6H,3-4H2,1-2H3. The van der Waals surface area contributed by atoms with Gasteiger partial charge in [-0.25, -0.2) is 14.4 Å². The highest BCUT2D eigenvalue weighted by Crippen LogP contribution is 1.98. The third kappa shape index (κ3) is 3.82. The van der Waals surface area contributed by atoms with Crippen LogP contribution in [0.1, 0.15) is 13.8 Å². The van der Waals surface area contributed by atoms with Crippen molar-refractivity contribution in [2.75, 3.05) is 13.2 Å². The molecule has 0 saturated heterocycles. The first-order chi connectivity index (χ1) is 6.67. The molecule has 6 heteroatoms. The maximum atomic E-state index is 11.1. The van der Waals surface area contributed by atoms with Gasteiger partial charge in [-0.05, 0) is 13.8 Å². The fourth-order valence-corrected chi connectivity index (χ4v) is 0.697. The van der Waals surface area contributed by atoms with Crippen molar-refractivity contribution in [3.05, 3.63) is 0 Å². The highest BCUT2D eigenvalue weighted by Gasteiger charge is 2.28. The number of ether oxygens (including phenoxy) is 2. The van der Waals surface area contributed by atoms with E-state index in [1.807, 2.05) is 0 Å². The average Bonchev–Trinajstić information content (AvgIpc) is 2.14. The van der Waals surface area contributed by atoms with Crippen molar-refractivity contribution in [1.82, 2.24) is 0 Å². The van der Waals surface area contributed by atoms with Crippen LogP contribution in [-0.2, 0) is 23.9 Å². The second-order valence-corrected chi connectivity index (χ2v) is 2.13. The third-order valence-corrected chi connectivity index (χ3v) is 1.20. The van der Waals surface area contributed by atoms with Gasteiger partial charge in [0.1, 0.15) is 0 Å². The number of isocyanates is 1. The molecule has 0 aromatic heterocycles. The first kappa shape index (κ1) is 12.3. The summed E-state index contributed by atoms with van der Waals surface area (Å²) in [5, 5.41) is 0. The van der Waals surface area contributed by atoms with Crippen molar-refractivity contribution in [2.45, 2.75) is 19.9 Å². The number of aliphatic imine (C=N–C) groups is 1.